The molecule has 13 heavy (non-hydrogen) atoms. The van der Waals surface area contributed by atoms with Crippen molar-refractivity contribution in [2.75, 3.05) is 0 Å². The maximum atomic E-state index is 3.98. The second kappa shape index (κ2) is 5.83. The minimum absolute atomic E-state index is 1.07. The van der Waals surface area contributed by atoms with E-state index in [9.17, 15) is 0 Å². The fourth-order valence-electron chi connectivity index (χ4n) is 0.701. The topological polar surface area (TPSA) is 38.7 Å². The number of aromatic nitrogens is 3. The molecule has 2 aromatic rings. The van der Waals surface area contributed by atoms with Crippen molar-refractivity contribution in [3.63, 3.8) is 0 Å². The van der Waals surface area contributed by atoms with Gasteiger partial charge in [-0.2, -0.15) is 0 Å². The molecule has 0 bridgehead atoms. The summed E-state index contributed by atoms with van der Waals surface area (Å²) in [5.41, 5.74) is 1.07. The molecule has 3 heteroatoms. The van der Waals surface area contributed by atoms with Crippen molar-refractivity contribution in [2.24, 2.45) is 0 Å². The van der Waals surface area contributed by atoms with Gasteiger partial charge in [-0.05, 0) is 25.1 Å². The third-order valence-electron chi connectivity index (χ3n) is 1.29. The van der Waals surface area contributed by atoms with Crippen LogP contribution in [0.5, 0.6) is 0 Å². The van der Waals surface area contributed by atoms with Crippen LogP contribution in [0.25, 0.3) is 0 Å². The maximum absolute atomic E-state index is 3.98. The SMILES string of the molecule is Cc1ccccn1.c1cncnc1. The molecule has 0 unspecified atom stereocenters. The number of hydrogen-bond donors (Lipinski definition) is 0. The Hall–Kier alpha value is -1.77. The summed E-state index contributed by atoms with van der Waals surface area (Å²) >= 11 is 0. The number of nitrogens with zero attached hydrogens (tertiary/aromatic N) is 3. The first-order chi connectivity index (χ1) is 6.39. The van der Waals surface area contributed by atoms with Gasteiger partial charge in [-0.1, -0.05) is 6.07 Å². The summed E-state index contributed by atoms with van der Waals surface area (Å²) in [5, 5.41) is 0. The van der Waals surface area contributed by atoms with E-state index in [-0.39, 0.29) is 0 Å². The lowest BCUT2D eigenvalue weighted by Crippen LogP contribution is -1.72. The molecule has 0 aliphatic carbocycles. The molecule has 0 aliphatic heterocycles. The second-order valence-corrected chi connectivity index (χ2v) is 2.38. The predicted molar refractivity (Wildman–Crippen MR) is 51.0 cm³/mol. The van der Waals surface area contributed by atoms with Crippen molar-refractivity contribution >= 4 is 0 Å². The summed E-state index contributed by atoms with van der Waals surface area (Å²) in [6.07, 6.45) is 6.66. The van der Waals surface area contributed by atoms with Crippen LogP contribution in [0, 0.1) is 6.92 Å². The highest BCUT2D eigenvalue weighted by Gasteiger charge is 1.73. The van der Waals surface area contributed by atoms with Crippen LogP contribution in [0.1, 0.15) is 5.69 Å². The Kier molecular flexibility index (Phi) is 4.18. The van der Waals surface area contributed by atoms with Crippen LogP contribution in [0.2, 0.25) is 0 Å². The van der Waals surface area contributed by atoms with Gasteiger partial charge in [0.05, 0.1) is 0 Å². The van der Waals surface area contributed by atoms with E-state index in [4.69, 9.17) is 0 Å². The smallest absolute Gasteiger partial charge is 0.115 e. The number of pyridine rings is 1. The van der Waals surface area contributed by atoms with Gasteiger partial charge in [0, 0.05) is 24.3 Å². The van der Waals surface area contributed by atoms with E-state index in [1.807, 2.05) is 25.1 Å². The molecule has 66 valence electrons. The van der Waals surface area contributed by atoms with Gasteiger partial charge in [-0.3, -0.25) is 4.98 Å². The Morgan fingerprint density at radius 1 is 0.923 bits per heavy atom. The van der Waals surface area contributed by atoms with Crippen molar-refractivity contribution in [3.05, 3.63) is 54.9 Å². The van der Waals surface area contributed by atoms with Crippen LogP contribution in [0.4, 0.5) is 0 Å². The number of hydrogen-bond acceptors (Lipinski definition) is 3. The molecule has 2 aromatic heterocycles. The van der Waals surface area contributed by atoms with Gasteiger partial charge >= 0.3 is 0 Å². The van der Waals surface area contributed by atoms with Gasteiger partial charge in [0.2, 0.25) is 0 Å². The fraction of sp³-hybridized carbons (Fsp3) is 0.100. The molecular formula is C10H11N3. The first-order valence-corrected chi connectivity index (χ1v) is 3.97. The Balaban J connectivity index is 0.000000132. The van der Waals surface area contributed by atoms with E-state index in [2.05, 4.69) is 15.0 Å². The molecule has 0 spiro atoms. The lowest BCUT2D eigenvalue weighted by Gasteiger charge is -1.82. The standard InChI is InChI=1S/C6H7N.C4H4N2/c1-6-4-2-3-5-7-6;1-2-5-4-6-3-1/h2-5H,1H3;1-4H. The van der Waals surface area contributed by atoms with Crippen LogP contribution >= 0.6 is 0 Å². The molecule has 3 nitrogen and oxygen atoms in total. The van der Waals surface area contributed by atoms with Crippen molar-refractivity contribution in [2.45, 2.75) is 6.92 Å². The summed E-state index contributed by atoms with van der Waals surface area (Å²) in [7, 11) is 0. The molecule has 0 fully saturated rings. The minimum Gasteiger partial charge on any atom is -0.262 e. The average molecular weight is 173 g/mol. The maximum Gasteiger partial charge on any atom is 0.115 e. The number of rotatable bonds is 0. The van der Waals surface area contributed by atoms with E-state index < -0.39 is 0 Å². The second-order valence-electron chi connectivity index (χ2n) is 2.38. The highest BCUT2D eigenvalue weighted by molar-refractivity contribution is 4.99. The molecule has 0 N–H and O–H groups in total. The first-order valence-electron chi connectivity index (χ1n) is 3.97. The lowest BCUT2D eigenvalue weighted by molar-refractivity contribution is 1.17. The van der Waals surface area contributed by atoms with E-state index in [1.165, 1.54) is 6.33 Å². The van der Waals surface area contributed by atoms with Gasteiger partial charge in [-0.15, -0.1) is 0 Å². The van der Waals surface area contributed by atoms with Crippen molar-refractivity contribution in [3.8, 4) is 0 Å². The number of aryl methyl sites for hydroxylation is 1. The van der Waals surface area contributed by atoms with Crippen LogP contribution in [0.3, 0.4) is 0 Å². The zero-order chi connectivity index (χ0) is 9.36. The predicted octanol–water partition coefficient (Wildman–Crippen LogP) is 1.87. The summed E-state index contributed by atoms with van der Waals surface area (Å²) in [4.78, 5) is 11.3. The normalized spacial score (nSPS) is 8.38. The van der Waals surface area contributed by atoms with Gasteiger partial charge in [0.15, 0.2) is 0 Å². The quantitative estimate of drug-likeness (QED) is 0.610. The summed E-state index contributed by atoms with van der Waals surface area (Å²) < 4.78 is 0. The summed E-state index contributed by atoms with van der Waals surface area (Å²) in [5.74, 6) is 0. The molecule has 2 rings (SSSR count). The molecule has 0 radical (unpaired) electrons. The summed E-state index contributed by atoms with van der Waals surface area (Å²) in [6.45, 7) is 1.97. The van der Waals surface area contributed by atoms with Gasteiger partial charge in [-0.25, -0.2) is 9.97 Å². The zero-order valence-electron chi connectivity index (χ0n) is 7.46. The van der Waals surface area contributed by atoms with Crippen LogP contribution in [-0.2, 0) is 0 Å². The highest BCUT2D eigenvalue weighted by Crippen LogP contribution is 1.86. The van der Waals surface area contributed by atoms with E-state index >= 15 is 0 Å². The molecular weight excluding hydrogens is 162 g/mol. The third-order valence-corrected chi connectivity index (χ3v) is 1.29. The molecule has 0 saturated heterocycles. The molecule has 0 saturated carbocycles. The minimum atomic E-state index is 1.07. The van der Waals surface area contributed by atoms with Gasteiger partial charge < -0.3 is 0 Å². The average Bonchev–Trinajstić information content (AvgIpc) is 2.22. The Labute approximate surface area is 77.5 Å². The van der Waals surface area contributed by atoms with Crippen molar-refractivity contribution < 1.29 is 0 Å². The Morgan fingerprint density at radius 3 is 1.92 bits per heavy atom. The molecule has 0 aromatic carbocycles. The largest absolute Gasteiger partial charge is 0.262 e. The first kappa shape index (κ1) is 9.32. The fourth-order valence-corrected chi connectivity index (χ4v) is 0.701. The summed E-state index contributed by atoms with van der Waals surface area (Å²) in [6, 6.07) is 7.63. The van der Waals surface area contributed by atoms with Gasteiger partial charge in [0.25, 0.3) is 0 Å². The van der Waals surface area contributed by atoms with E-state index in [0.29, 0.717) is 0 Å². The Morgan fingerprint density at radius 2 is 1.69 bits per heavy atom. The van der Waals surface area contributed by atoms with Gasteiger partial charge in [0.1, 0.15) is 6.33 Å². The van der Waals surface area contributed by atoms with Crippen LogP contribution in [0.15, 0.2) is 49.2 Å². The van der Waals surface area contributed by atoms with Crippen molar-refractivity contribution in [1.82, 2.24) is 15.0 Å². The van der Waals surface area contributed by atoms with Crippen molar-refractivity contribution in [1.29, 1.82) is 0 Å². The van der Waals surface area contributed by atoms with E-state index in [1.54, 1.807) is 24.7 Å². The highest BCUT2D eigenvalue weighted by atomic mass is 14.8. The molecule has 0 aliphatic rings. The van der Waals surface area contributed by atoms with E-state index in [0.717, 1.165) is 5.69 Å². The molecule has 0 amide bonds. The zero-order valence-corrected chi connectivity index (χ0v) is 7.46. The monoisotopic (exact) mass is 173 g/mol. The Bertz CT molecular complexity index is 281. The molecule has 2 heterocycles. The lowest BCUT2D eigenvalue weighted by atomic mass is 10.4. The third kappa shape index (κ3) is 4.63. The van der Waals surface area contributed by atoms with Crippen LogP contribution in [-0.4, -0.2) is 15.0 Å². The molecule has 0 atom stereocenters. The van der Waals surface area contributed by atoms with Crippen LogP contribution < -0.4 is 0 Å².